The van der Waals surface area contributed by atoms with Gasteiger partial charge in [0.15, 0.2) is 5.75 Å². The number of phenolic OH excluding ortho intramolecular Hbond substituents is 3. The predicted octanol–water partition coefficient (Wildman–Crippen LogP) is 11.8. The fourth-order valence-corrected chi connectivity index (χ4v) is 7.46. The van der Waals surface area contributed by atoms with Crippen LogP contribution in [0.5, 0.6) is 23.0 Å². The molecule has 0 spiro atoms. The molecule has 0 saturated carbocycles. The molecule has 5 N–H and O–H groups in total. The van der Waals surface area contributed by atoms with Crippen molar-refractivity contribution in [3.05, 3.63) is 72.3 Å². The molecule has 0 saturated heterocycles. The Labute approximate surface area is 337 Å². The van der Waals surface area contributed by atoms with Crippen LogP contribution < -0.4 is 4.74 Å². The normalized spacial score (nSPS) is 11.2. The number of phenols is 3. The average Bonchev–Trinajstić information content (AvgIpc) is 3.15. The highest BCUT2D eigenvalue weighted by atomic mass is 32.2. The Kier molecular flexibility index (Phi) is 21.2. The van der Waals surface area contributed by atoms with Crippen LogP contribution in [0.1, 0.15) is 124 Å². The Hall–Kier alpha value is -5.17. The number of ether oxygens (including phenoxy) is 1. The number of aliphatic carboxylic acids is 2. The second-order valence-electron chi connectivity index (χ2n) is 14.1. The van der Waals surface area contributed by atoms with E-state index in [9.17, 15) is 23.7 Å². The van der Waals surface area contributed by atoms with Crippen LogP contribution in [0, 0.1) is 0 Å². The summed E-state index contributed by atoms with van der Waals surface area (Å²) in [5.74, 6) is -1.67. The Morgan fingerprint density at radius 1 is 0.667 bits per heavy atom. The lowest BCUT2D eigenvalue weighted by Crippen LogP contribution is -2.05. The molecular weight excluding hydrogens is 749 g/mol. The molecule has 312 valence electrons. The summed E-state index contributed by atoms with van der Waals surface area (Å²) in [5.41, 5.74) is 0.996. The molecule has 0 fully saturated rings. The number of unbranched alkanes of at least 4 members (excludes halogenated alkanes) is 12. The average molecular weight is 809 g/mol. The highest BCUT2D eigenvalue weighted by Gasteiger charge is 2.24. The number of benzene rings is 4. The van der Waals surface area contributed by atoms with Gasteiger partial charge < -0.3 is 30.3 Å². The topological polar surface area (TPSA) is 203 Å². The van der Waals surface area contributed by atoms with E-state index >= 15 is 0 Å². The maximum absolute atomic E-state index is 13.6. The molecular formula is C44H60N2O10S. The molecule has 0 unspecified atom stereocenters. The number of carbonyl (C=O) groups is 2. The first-order valence-corrected chi connectivity index (χ1v) is 21.2. The zero-order valence-electron chi connectivity index (χ0n) is 33.9. The summed E-state index contributed by atoms with van der Waals surface area (Å²) in [6.07, 6.45) is 16.3. The molecule has 0 atom stereocenters. The molecule has 4 aromatic carbocycles. The van der Waals surface area contributed by atoms with Crippen LogP contribution in [0.25, 0.3) is 10.8 Å². The second-order valence-corrected chi connectivity index (χ2v) is 16.1. The summed E-state index contributed by atoms with van der Waals surface area (Å²) in [6, 6.07) is 17.2. The molecule has 0 aliphatic carbocycles. The van der Waals surface area contributed by atoms with E-state index in [1.807, 2.05) is 32.0 Å². The third-order valence-corrected chi connectivity index (χ3v) is 10.5. The minimum atomic E-state index is -4.14. The van der Waals surface area contributed by atoms with Crippen molar-refractivity contribution in [3.8, 4) is 23.0 Å². The van der Waals surface area contributed by atoms with Crippen LogP contribution in [0.15, 0.2) is 86.7 Å². The fourth-order valence-electron chi connectivity index (χ4n) is 6.05. The Balaban J connectivity index is 0.00000128. The number of rotatable bonds is 20. The van der Waals surface area contributed by atoms with Crippen molar-refractivity contribution in [2.75, 3.05) is 0 Å². The first-order valence-electron chi connectivity index (χ1n) is 19.7. The summed E-state index contributed by atoms with van der Waals surface area (Å²) in [4.78, 5) is 17.6. The van der Waals surface area contributed by atoms with Crippen molar-refractivity contribution in [3.63, 3.8) is 0 Å². The van der Waals surface area contributed by atoms with Gasteiger partial charge in [-0.2, -0.15) is 5.11 Å². The van der Waals surface area contributed by atoms with Crippen molar-refractivity contribution in [2.45, 2.75) is 140 Å². The largest absolute Gasteiger partial charge is 0.508 e. The van der Waals surface area contributed by atoms with Crippen molar-refractivity contribution < 1.29 is 48.3 Å². The monoisotopic (exact) mass is 808 g/mol. The van der Waals surface area contributed by atoms with Crippen molar-refractivity contribution in [1.29, 1.82) is 0 Å². The van der Waals surface area contributed by atoms with Gasteiger partial charge in [0.2, 0.25) is 9.84 Å². The molecule has 0 aliphatic heterocycles. The van der Waals surface area contributed by atoms with E-state index in [0.717, 1.165) is 44.6 Å². The molecule has 4 rings (SSSR count). The fraction of sp³-hybridized carbons (Fsp3) is 0.455. The van der Waals surface area contributed by atoms with Gasteiger partial charge in [0.1, 0.15) is 27.8 Å². The van der Waals surface area contributed by atoms with E-state index in [4.69, 9.17) is 24.5 Å². The molecule has 0 aromatic heterocycles. The second kappa shape index (κ2) is 25.2. The molecule has 0 amide bonds. The van der Waals surface area contributed by atoms with E-state index in [2.05, 4.69) is 17.2 Å². The van der Waals surface area contributed by atoms with Gasteiger partial charge in [-0.25, -0.2) is 8.42 Å². The Morgan fingerprint density at radius 2 is 1.16 bits per heavy atom. The van der Waals surface area contributed by atoms with E-state index in [1.54, 1.807) is 12.1 Å². The maximum Gasteiger partial charge on any atom is 0.300 e. The molecule has 0 aliphatic rings. The molecule has 12 nitrogen and oxygen atoms in total. The van der Waals surface area contributed by atoms with Crippen LogP contribution in [0.2, 0.25) is 0 Å². The number of aryl methyl sites for hydroxylation is 1. The number of carboxylic acids is 2. The lowest BCUT2D eigenvalue weighted by Gasteiger charge is -2.14. The van der Waals surface area contributed by atoms with Crippen LogP contribution >= 0.6 is 0 Å². The van der Waals surface area contributed by atoms with Gasteiger partial charge in [-0.05, 0) is 62.6 Å². The summed E-state index contributed by atoms with van der Waals surface area (Å²) in [7, 11) is -4.14. The van der Waals surface area contributed by atoms with Gasteiger partial charge >= 0.3 is 0 Å². The van der Waals surface area contributed by atoms with Gasteiger partial charge in [0, 0.05) is 36.8 Å². The Morgan fingerprint density at radius 3 is 1.67 bits per heavy atom. The van der Waals surface area contributed by atoms with Crippen molar-refractivity contribution >= 4 is 43.9 Å². The summed E-state index contributed by atoms with van der Waals surface area (Å²) < 4.78 is 33.1. The molecule has 4 aromatic rings. The number of nitrogens with zero attached hydrogens (tertiary/aromatic N) is 2. The highest BCUT2D eigenvalue weighted by Crippen LogP contribution is 2.42. The number of carboxylic acid groups (broad SMARTS) is 2. The van der Waals surface area contributed by atoms with Gasteiger partial charge in [-0.15, -0.1) is 5.11 Å². The van der Waals surface area contributed by atoms with Crippen LogP contribution in [0.4, 0.5) is 11.4 Å². The number of azo groups is 1. The van der Waals surface area contributed by atoms with E-state index in [0.29, 0.717) is 28.8 Å². The summed E-state index contributed by atoms with van der Waals surface area (Å²) >= 11 is 0. The predicted molar refractivity (Wildman–Crippen MR) is 223 cm³/mol. The first kappa shape index (κ1) is 48.0. The van der Waals surface area contributed by atoms with E-state index in [-0.39, 0.29) is 38.8 Å². The lowest BCUT2D eigenvalue weighted by atomic mass is 10.0. The van der Waals surface area contributed by atoms with Crippen LogP contribution in [0.3, 0.4) is 0 Å². The number of aromatic hydroxyl groups is 3. The van der Waals surface area contributed by atoms with E-state index < -0.39 is 21.8 Å². The molecule has 0 radical (unpaired) electrons. The highest BCUT2D eigenvalue weighted by molar-refractivity contribution is 7.91. The third kappa shape index (κ3) is 17.2. The number of sulfone groups is 1. The molecule has 57 heavy (non-hydrogen) atoms. The minimum absolute atomic E-state index is 0.0383. The van der Waals surface area contributed by atoms with Crippen LogP contribution in [-0.2, 0) is 25.8 Å². The first-order chi connectivity index (χ1) is 27.1. The Bertz CT molecular complexity index is 1970. The van der Waals surface area contributed by atoms with Gasteiger partial charge in [0.25, 0.3) is 11.9 Å². The number of hydrogen-bond acceptors (Lipinski definition) is 10. The van der Waals surface area contributed by atoms with Gasteiger partial charge in [-0.3, -0.25) is 9.59 Å². The zero-order chi connectivity index (χ0) is 42.4. The summed E-state index contributed by atoms with van der Waals surface area (Å²) in [5, 5.41) is 56.8. The quantitative estimate of drug-likeness (QED) is 0.0324. The van der Waals surface area contributed by atoms with Crippen LogP contribution in [-0.4, -0.2) is 52.0 Å². The maximum atomic E-state index is 13.6. The van der Waals surface area contributed by atoms with E-state index in [1.165, 1.54) is 94.5 Å². The van der Waals surface area contributed by atoms with Crippen molar-refractivity contribution in [1.82, 2.24) is 0 Å². The number of fused-ring (bicyclic) bond motifs is 1. The van der Waals surface area contributed by atoms with Gasteiger partial charge in [0.05, 0.1) is 16.7 Å². The SMILES string of the molecule is CC(=O)O.CC(=O)O.CCCCCCCCCCCCCCCc1cc(O)cc(S(=O)(=O)c2ccc(N=Nc3cc(OC(C)C)c4ccccc4c3O)cc2)c1O. The lowest BCUT2D eigenvalue weighted by molar-refractivity contribution is -0.135. The summed E-state index contributed by atoms with van der Waals surface area (Å²) in [6.45, 7) is 8.24. The van der Waals surface area contributed by atoms with Gasteiger partial charge in [-0.1, -0.05) is 108 Å². The molecule has 0 bridgehead atoms. The zero-order valence-corrected chi connectivity index (χ0v) is 34.7. The molecule has 13 heteroatoms. The van der Waals surface area contributed by atoms with Crippen molar-refractivity contribution in [2.24, 2.45) is 10.2 Å². The number of hydrogen-bond donors (Lipinski definition) is 5. The molecule has 0 heterocycles. The smallest absolute Gasteiger partial charge is 0.300 e. The standard InChI is InChI=1S/C40H52N2O6S.2C2H4O2/c1-4-5-6-7-8-9-10-11-12-13-14-15-16-19-30-26-32(43)27-38(39(30)44)49(46,47)33-24-22-31(23-25-33)41-42-36-28-37(48-29(2)3)34-20-17-18-21-35(34)40(36)45;2*1-2(3)4/h17-18,20-29,43-45H,4-16,19H2,1-3H3;2*1H3,(H,3,4). The third-order valence-electron chi connectivity index (χ3n) is 8.72. The minimum Gasteiger partial charge on any atom is -0.508 e.